The van der Waals surface area contributed by atoms with Crippen molar-refractivity contribution in [2.24, 2.45) is 0 Å². The molecule has 1 aromatic heterocycles. The zero-order chi connectivity index (χ0) is 15.7. The Bertz CT molecular complexity index is 501. The van der Waals surface area contributed by atoms with Gasteiger partial charge in [-0.1, -0.05) is 0 Å². The molecule has 0 saturated heterocycles. The molecule has 0 atom stereocenters. The van der Waals surface area contributed by atoms with Crippen LogP contribution in [0.4, 0.5) is 10.5 Å². The number of ether oxygens (including phenoxy) is 1. The standard InChI is InChI=1S/C11H17N5O5/c1-21-3-2-12-9(17)5-13-11(20)15-8-4-14-16(6-8)7-10(18)19/h4,6H,2-3,5,7H2,1H3,(H,12,17)(H,18,19)(H2,13,15,20). The Morgan fingerprint density at radius 2 is 2.14 bits per heavy atom. The molecule has 10 nitrogen and oxygen atoms in total. The summed E-state index contributed by atoms with van der Waals surface area (Å²) in [5.74, 6) is -1.38. The summed E-state index contributed by atoms with van der Waals surface area (Å²) in [5, 5.41) is 19.7. The predicted molar refractivity (Wildman–Crippen MR) is 71.8 cm³/mol. The number of hydrogen-bond acceptors (Lipinski definition) is 5. The molecule has 1 heterocycles. The third-order valence-corrected chi connectivity index (χ3v) is 2.23. The number of methoxy groups -OCH3 is 1. The number of nitrogens with one attached hydrogen (secondary N) is 3. The van der Waals surface area contributed by atoms with Gasteiger partial charge >= 0.3 is 12.0 Å². The van der Waals surface area contributed by atoms with Crippen molar-refractivity contribution in [2.45, 2.75) is 6.54 Å². The number of nitrogens with zero attached hydrogens (tertiary/aromatic N) is 2. The van der Waals surface area contributed by atoms with E-state index in [0.29, 0.717) is 18.8 Å². The lowest BCUT2D eigenvalue weighted by molar-refractivity contribution is -0.137. The summed E-state index contributed by atoms with van der Waals surface area (Å²) in [6.07, 6.45) is 2.67. The Labute approximate surface area is 120 Å². The second-order valence-electron chi connectivity index (χ2n) is 3.97. The topological polar surface area (TPSA) is 135 Å². The number of amides is 3. The van der Waals surface area contributed by atoms with Crippen LogP contribution in [0.1, 0.15) is 0 Å². The highest BCUT2D eigenvalue weighted by molar-refractivity contribution is 5.92. The van der Waals surface area contributed by atoms with Gasteiger partial charge in [0.2, 0.25) is 5.91 Å². The molecule has 0 saturated carbocycles. The summed E-state index contributed by atoms with van der Waals surface area (Å²) in [7, 11) is 1.52. The lowest BCUT2D eigenvalue weighted by atomic mass is 10.5. The highest BCUT2D eigenvalue weighted by Gasteiger charge is 2.07. The van der Waals surface area contributed by atoms with E-state index in [4.69, 9.17) is 9.84 Å². The number of aromatic nitrogens is 2. The number of anilines is 1. The molecule has 10 heteroatoms. The molecule has 0 aliphatic carbocycles. The molecular weight excluding hydrogens is 282 g/mol. The molecule has 1 rings (SSSR count). The molecule has 0 aliphatic heterocycles. The summed E-state index contributed by atoms with van der Waals surface area (Å²) in [5.41, 5.74) is 0.327. The van der Waals surface area contributed by atoms with Crippen LogP contribution in [-0.4, -0.2) is 59.6 Å². The van der Waals surface area contributed by atoms with Crippen LogP contribution in [-0.2, 0) is 20.9 Å². The van der Waals surface area contributed by atoms with Crippen molar-refractivity contribution in [3.8, 4) is 0 Å². The first kappa shape index (κ1) is 16.4. The summed E-state index contributed by atoms with van der Waals surface area (Å²) < 4.78 is 5.92. The fraction of sp³-hybridized carbons (Fsp3) is 0.455. The minimum Gasteiger partial charge on any atom is -0.480 e. The monoisotopic (exact) mass is 299 g/mol. The minimum absolute atomic E-state index is 0.182. The van der Waals surface area contributed by atoms with Gasteiger partial charge in [0.15, 0.2) is 0 Å². The van der Waals surface area contributed by atoms with Crippen LogP contribution in [0.2, 0.25) is 0 Å². The molecule has 0 aromatic carbocycles. The van der Waals surface area contributed by atoms with Crippen molar-refractivity contribution in [3.05, 3.63) is 12.4 Å². The number of aliphatic carboxylic acids is 1. The van der Waals surface area contributed by atoms with Gasteiger partial charge in [0, 0.05) is 19.9 Å². The minimum atomic E-state index is -1.04. The first-order chi connectivity index (χ1) is 10.0. The largest absolute Gasteiger partial charge is 0.480 e. The Morgan fingerprint density at radius 1 is 1.38 bits per heavy atom. The van der Waals surface area contributed by atoms with Gasteiger partial charge in [0.25, 0.3) is 0 Å². The highest BCUT2D eigenvalue weighted by Crippen LogP contribution is 2.03. The summed E-state index contributed by atoms with van der Waals surface area (Å²) in [4.78, 5) is 33.3. The lowest BCUT2D eigenvalue weighted by Crippen LogP contribution is -2.39. The smallest absolute Gasteiger partial charge is 0.325 e. The van der Waals surface area contributed by atoms with Crippen LogP contribution in [0.25, 0.3) is 0 Å². The van der Waals surface area contributed by atoms with E-state index in [9.17, 15) is 14.4 Å². The van der Waals surface area contributed by atoms with Gasteiger partial charge in [-0.05, 0) is 0 Å². The van der Waals surface area contributed by atoms with Crippen LogP contribution < -0.4 is 16.0 Å². The summed E-state index contributed by atoms with van der Waals surface area (Å²) in [6, 6.07) is -0.591. The molecule has 21 heavy (non-hydrogen) atoms. The number of hydrogen-bond donors (Lipinski definition) is 4. The highest BCUT2D eigenvalue weighted by atomic mass is 16.5. The Morgan fingerprint density at radius 3 is 2.81 bits per heavy atom. The SMILES string of the molecule is COCCNC(=O)CNC(=O)Nc1cnn(CC(=O)O)c1. The summed E-state index contributed by atoms with van der Waals surface area (Å²) >= 11 is 0. The van der Waals surface area contributed by atoms with Crippen molar-refractivity contribution < 1.29 is 24.2 Å². The van der Waals surface area contributed by atoms with Crippen LogP contribution in [0, 0.1) is 0 Å². The van der Waals surface area contributed by atoms with E-state index >= 15 is 0 Å². The molecule has 0 unspecified atom stereocenters. The van der Waals surface area contributed by atoms with Crippen LogP contribution in [0.15, 0.2) is 12.4 Å². The van der Waals surface area contributed by atoms with Crippen molar-refractivity contribution in [3.63, 3.8) is 0 Å². The number of carboxylic acids is 1. The molecular formula is C11H17N5O5. The number of carboxylic acid groups (broad SMARTS) is 1. The molecule has 0 fully saturated rings. The zero-order valence-electron chi connectivity index (χ0n) is 11.5. The maximum Gasteiger partial charge on any atom is 0.325 e. The van der Waals surface area contributed by atoms with Gasteiger partial charge in [0.1, 0.15) is 6.54 Å². The molecule has 0 radical (unpaired) electrons. The number of carbonyl (C=O) groups excluding carboxylic acids is 2. The van der Waals surface area contributed by atoms with Crippen LogP contribution >= 0.6 is 0 Å². The van der Waals surface area contributed by atoms with E-state index in [1.807, 2.05) is 0 Å². The predicted octanol–water partition coefficient (Wildman–Crippen LogP) is -1.15. The molecule has 0 aliphatic rings. The maximum absolute atomic E-state index is 11.5. The van der Waals surface area contributed by atoms with Crippen LogP contribution in [0.3, 0.4) is 0 Å². The van der Waals surface area contributed by atoms with E-state index in [2.05, 4.69) is 21.0 Å². The van der Waals surface area contributed by atoms with Crippen molar-refractivity contribution in [1.82, 2.24) is 20.4 Å². The van der Waals surface area contributed by atoms with Gasteiger partial charge in [0.05, 0.1) is 25.0 Å². The van der Waals surface area contributed by atoms with E-state index < -0.39 is 12.0 Å². The first-order valence-electron chi connectivity index (χ1n) is 6.06. The second kappa shape index (κ2) is 8.53. The van der Waals surface area contributed by atoms with Gasteiger partial charge in [-0.3, -0.25) is 14.3 Å². The third-order valence-electron chi connectivity index (χ3n) is 2.23. The molecule has 3 amide bonds. The normalized spacial score (nSPS) is 9.95. The number of urea groups is 1. The second-order valence-corrected chi connectivity index (χ2v) is 3.97. The number of carbonyl (C=O) groups is 3. The lowest BCUT2D eigenvalue weighted by Gasteiger charge is -2.06. The van der Waals surface area contributed by atoms with Gasteiger partial charge in [-0.2, -0.15) is 5.10 Å². The molecule has 1 aromatic rings. The molecule has 0 spiro atoms. The van der Waals surface area contributed by atoms with Gasteiger partial charge in [-0.25, -0.2) is 4.79 Å². The van der Waals surface area contributed by atoms with Gasteiger partial charge in [-0.15, -0.1) is 0 Å². The van der Waals surface area contributed by atoms with E-state index in [1.165, 1.54) is 19.5 Å². The Kier molecular flexibility index (Phi) is 6.68. The fourth-order valence-electron chi connectivity index (χ4n) is 1.34. The average molecular weight is 299 g/mol. The average Bonchev–Trinajstić information content (AvgIpc) is 2.83. The first-order valence-corrected chi connectivity index (χ1v) is 6.06. The van der Waals surface area contributed by atoms with Crippen LogP contribution in [0.5, 0.6) is 0 Å². The zero-order valence-corrected chi connectivity index (χ0v) is 11.5. The number of rotatable bonds is 8. The Balaban J connectivity index is 2.28. The van der Waals surface area contributed by atoms with Crippen molar-refractivity contribution in [1.29, 1.82) is 0 Å². The molecule has 116 valence electrons. The van der Waals surface area contributed by atoms with Crippen molar-refractivity contribution in [2.75, 3.05) is 32.1 Å². The van der Waals surface area contributed by atoms with E-state index in [-0.39, 0.29) is 19.0 Å². The summed E-state index contributed by atoms with van der Waals surface area (Å²) in [6.45, 7) is 0.269. The van der Waals surface area contributed by atoms with Crippen molar-refractivity contribution >= 4 is 23.6 Å². The van der Waals surface area contributed by atoms with E-state index in [1.54, 1.807) is 0 Å². The maximum atomic E-state index is 11.5. The Hall–Kier alpha value is -2.62. The fourth-order valence-corrected chi connectivity index (χ4v) is 1.34. The quantitative estimate of drug-likeness (QED) is 0.448. The van der Waals surface area contributed by atoms with E-state index in [0.717, 1.165) is 4.68 Å². The third kappa shape index (κ3) is 6.92. The van der Waals surface area contributed by atoms with Gasteiger partial charge < -0.3 is 25.8 Å². The molecule has 0 bridgehead atoms. The molecule has 4 N–H and O–H groups in total.